The third-order valence-electron chi connectivity index (χ3n) is 3.92. The van der Waals surface area contributed by atoms with E-state index in [9.17, 15) is 18.0 Å². The minimum Gasteiger partial charge on any atom is -0.397 e. The summed E-state index contributed by atoms with van der Waals surface area (Å²) in [7, 11) is 0. The van der Waals surface area contributed by atoms with Crippen molar-refractivity contribution in [2.75, 3.05) is 16.5 Å². The topological polar surface area (TPSA) is 79.2 Å². The van der Waals surface area contributed by atoms with E-state index in [0.29, 0.717) is 17.1 Å². The number of hydrogen-bond donors (Lipinski definition) is 4. The average molecular weight is 386 g/mol. The van der Waals surface area contributed by atoms with Crippen molar-refractivity contribution in [3.63, 3.8) is 0 Å². The van der Waals surface area contributed by atoms with Gasteiger partial charge in [-0.3, -0.25) is 15.6 Å². The monoisotopic (exact) mass is 386 g/mol. The Morgan fingerprint density at radius 2 is 1.50 bits per heavy atom. The van der Waals surface area contributed by atoms with Gasteiger partial charge in [-0.2, -0.15) is 13.2 Å². The number of nitrogen functional groups attached to an aromatic ring is 1. The number of nitrogens with one attached hydrogen (secondary N) is 3. The van der Waals surface area contributed by atoms with Crippen molar-refractivity contribution in [1.82, 2.24) is 5.43 Å². The van der Waals surface area contributed by atoms with Gasteiger partial charge in [-0.05, 0) is 48.5 Å². The van der Waals surface area contributed by atoms with Crippen LogP contribution >= 0.6 is 0 Å². The molecule has 0 aliphatic rings. The largest absolute Gasteiger partial charge is 0.416 e. The van der Waals surface area contributed by atoms with Gasteiger partial charge in [0.25, 0.3) is 5.91 Å². The predicted molar refractivity (Wildman–Crippen MR) is 103 cm³/mol. The molecule has 5 nitrogen and oxygen atoms in total. The molecular formula is C20H17F3N4O. The molecule has 0 saturated heterocycles. The standard InChI is InChI=1S/C20H17F3N4O/c21-20(22,23)13-9-11-15(12-10-13)26-27-19(28)16-7-4-8-17(24)18(16)25-14-5-2-1-3-6-14/h1-12,25-26H,24H2,(H,27,28). The van der Waals surface area contributed by atoms with Crippen LogP contribution in [0.25, 0.3) is 0 Å². The molecule has 0 saturated carbocycles. The summed E-state index contributed by atoms with van der Waals surface area (Å²) in [4.78, 5) is 12.6. The zero-order valence-electron chi connectivity index (χ0n) is 14.5. The van der Waals surface area contributed by atoms with Crippen LogP contribution in [0.5, 0.6) is 0 Å². The number of carbonyl (C=O) groups excluding carboxylic acids is 1. The normalized spacial score (nSPS) is 11.0. The van der Waals surface area contributed by atoms with E-state index in [0.717, 1.165) is 17.8 Å². The number of rotatable bonds is 5. The second-order valence-corrected chi connectivity index (χ2v) is 5.92. The van der Waals surface area contributed by atoms with Crippen LogP contribution < -0.4 is 21.9 Å². The van der Waals surface area contributed by atoms with Crippen LogP contribution in [0.15, 0.2) is 72.8 Å². The van der Waals surface area contributed by atoms with Crippen LogP contribution in [0.2, 0.25) is 0 Å². The number of hydrazine groups is 1. The first-order valence-corrected chi connectivity index (χ1v) is 8.29. The van der Waals surface area contributed by atoms with E-state index in [1.807, 2.05) is 30.3 Å². The molecule has 0 bridgehead atoms. The molecule has 0 radical (unpaired) electrons. The van der Waals surface area contributed by atoms with Crippen molar-refractivity contribution in [2.45, 2.75) is 6.18 Å². The predicted octanol–water partition coefficient (Wildman–Crippen LogP) is 4.79. The molecule has 144 valence electrons. The van der Waals surface area contributed by atoms with Crippen LogP contribution in [0.4, 0.5) is 35.9 Å². The number of nitrogens with two attached hydrogens (primary N) is 1. The second kappa shape index (κ2) is 7.91. The summed E-state index contributed by atoms with van der Waals surface area (Å²) >= 11 is 0. The van der Waals surface area contributed by atoms with Crippen molar-refractivity contribution >= 4 is 28.7 Å². The van der Waals surface area contributed by atoms with Gasteiger partial charge < -0.3 is 11.1 Å². The Morgan fingerprint density at radius 1 is 0.821 bits per heavy atom. The lowest BCUT2D eigenvalue weighted by atomic mass is 10.1. The smallest absolute Gasteiger partial charge is 0.397 e. The minimum absolute atomic E-state index is 0.281. The molecule has 0 spiro atoms. The summed E-state index contributed by atoms with van der Waals surface area (Å²) < 4.78 is 37.8. The first-order valence-electron chi connectivity index (χ1n) is 8.29. The van der Waals surface area contributed by atoms with Crippen molar-refractivity contribution in [3.05, 3.63) is 83.9 Å². The molecule has 3 aromatic rings. The number of benzene rings is 3. The summed E-state index contributed by atoms with van der Waals surface area (Å²) in [6.07, 6.45) is -4.42. The zero-order chi connectivity index (χ0) is 20.1. The van der Waals surface area contributed by atoms with Gasteiger partial charge in [-0.15, -0.1) is 0 Å². The molecule has 0 aliphatic carbocycles. The van der Waals surface area contributed by atoms with Crippen LogP contribution in [0.1, 0.15) is 15.9 Å². The van der Waals surface area contributed by atoms with Gasteiger partial charge in [0.2, 0.25) is 0 Å². The van der Waals surface area contributed by atoms with E-state index in [1.54, 1.807) is 18.2 Å². The Labute approximate surface area is 159 Å². The van der Waals surface area contributed by atoms with Gasteiger partial charge in [-0.1, -0.05) is 24.3 Å². The Bertz CT molecular complexity index is 957. The van der Waals surface area contributed by atoms with Crippen molar-refractivity contribution in [1.29, 1.82) is 0 Å². The summed E-state index contributed by atoms with van der Waals surface area (Å²) in [5, 5.41) is 3.11. The van der Waals surface area contributed by atoms with Gasteiger partial charge in [0.15, 0.2) is 0 Å². The van der Waals surface area contributed by atoms with Crippen molar-refractivity contribution in [3.8, 4) is 0 Å². The average Bonchev–Trinajstić information content (AvgIpc) is 2.68. The number of alkyl halides is 3. The second-order valence-electron chi connectivity index (χ2n) is 5.92. The maximum Gasteiger partial charge on any atom is 0.416 e. The SMILES string of the molecule is Nc1cccc(C(=O)NNc2ccc(C(F)(F)F)cc2)c1Nc1ccccc1. The van der Waals surface area contributed by atoms with Gasteiger partial charge >= 0.3 is 6.18 Å². The fraction of sp³-hybridized carbons (Fsp3) is 0.0500. The summed E-state index contributed by atoms with van der Waals surface area (Å²) in [6, 6.07) is 18.4. The van der Waals surface area contributed by atoms with Gasteiger partial charge in [0, 0.05) is 5.69 Å². The van der Waals surface area contributed by atoms with Crippen LogP contribution in [0.3, 0.4) is 0 Å². The number of para-hydroxylation sites is 2. The van der Waals surface area contributed by atoms with E-state index >= 15 is 0 Å². The van der Waals surface area contributed by atoms with Crippen molar-refractivity contribution < 1.29 is 18.0 Å². The molecule has 0 atom stereocenters. The highest BCUT2D eigenvalue weighted by Gasteiger charge is 2.29. The number of carbonyl (C=O) groups is 1. The highest BCUT2D eigenvalue weighted by atomic mass is 19.4. The highest BCUT2D eigenvalue weighted by Crippen LogP contribution is 2.30. The quantitative estimate of drug-likeness (QED) is 0.376. The van der Waals surface area contributed by atoms with E-state index in [1.165, 1.54) is 12.1 Å². The Hall–Kier alpha value is -3.68. The Kier molecular flexibility index (Phi) is 5.39. The van der Waals surface area contributed by atoms with Gasteiger partial charge in [0.1, 0.15) is 0 Å². The lowest BCUT2D eigenvalue weighted by molar-refractivity contribution is -0.137. The first-order chi connectivity index (χ1) is 13.3. The number of hydrogen-bond acceptors (Lipinski definition) is 4. The Balaban J connectivity index is 1.73. The molecule has 0 unspecified atom stereocenters. The third kappa shape index (κ3) is 4.53. The Morgan fingerprint density at radius 3 is 2.14 bits per heavy atom. The summed E-state index contributed by atoms with van der Waals surface area (Å²) in [5.74, 6) is -0.495. The first kappa shape index (κ1) is 19.1. The van der Waals surface area contributed by atoms with E-state index in [-0.39, 0.29) is 5.56 Å². The van der Waals surface area contributed by atoms with Crippen LogP contribution in [0, 0.1) is 0 Å². The van der Waals surface area contributed by atoms with Crippen LogP contribution in [-0.2, 0) is 6.18 Å². The number of halogens is 3. The molecule has 5 N–H and O–H groups in total. The van der Waals surface area contributed by atoms with Crippen LogP contribution in [-0.4, -0.2) is 5.91 Å². The van der Waals surface area contributed by atoms with E-state index in [4.69, 9.17) is 5.73 Å². The maximum atomic E-state index is 12.6. The third-order valence-corrected chi connectivity index (χ3v) is 3.92. The van der Waals surface area contributed by atoms with Crippen molar-refractivity contribution in [2.24, 2.45) is 0 Å². The molecule has 1 amide bonds. The molecule has 28 heavy (non-hydrogen) atoms. The van der Waals surface area contributed by atoms with E-state index < -0.39 is 17.6 Å². The van der Waals surface area contributed by atoms with Gasteiger partial charge in [-0.25, -0.2) is 0 Å². The fourth-order valence-electron chi connectivity index (χ4n) is 2.50. The minimum atomic E-state index is -4.42. The number of amides is 1. The lowest BCUT2D eigenvalue weighted by Gasteiger charge is -2.15. The fourth-order valence-corrected chi connectivity index (χ4v) is 2.50. The zero-order valence-corrected chi connectivity index (χ0v) is 14.5. The highest BCUT2D eigenvalue weighted by molar-refractivity contribution is 6.03. The lowest BCUT2D eigenvalue weighted by Crippen LogP contribution is -2.30. The molecule has 8 heteroatoms. The molecule has 0 aliphatic heterocycles. The molecule has 0 heterocycles. The molecule has 3 aromatic carbocycles. The van der Waals surface area contributed by atoms with Gasteiger partial charge in [0.05, 0.1) is 28.2 Å². The molecular weight excluding hydrogens is 369 g/mol. The molecule has 0 aromatic heterocycles. The number of anilines is 4. The molecule has 0 fully saturated rings. The summed E-state index contributed by atoms with van der Waals surface area (Å²) in [6.45, 7) is 0. The van der Waals surface area contributed by atoms with E-state index in [2.05, 4.69) is 16.2 Å². The summed E-state index contributed by atoms with van der Waals surface area (Å²) in [5.41, 5.74) is 12.4. The maximum absolute atomic E-state index is 12.6. The molecule has 3 rings (SSSR count).